The summed E-state index contributed by atoms with van der Waals surface area (Å²) in [6, 6.07) is 0. The van der Waals surface area contributed by atoms with E-state index in [4.69, 9.17) is 10.0 Å². The first-order valence-corrected chi connectivity index (χ1v) is 2.48. The largest absolute Gasteiger partial charge is 0.528 e. The van der Waals surface area contributed by atoms with E-state index in [9.17, 15) is 0 Å². The highest BCUT2D eigenvalue weighted by Gasteiger charge is 2.18. The average Bonchev–Trinajstić information content (AvgIpc) is 2.13. The highest BCUT2D eigenvalue weighted by Crippen LogP contribution is 1.87. The smallest absolute Gasteiger partial charge is 0.452 e. The van der Waals surface area contributed by atoms with E-state index in [0.29, 0.717) is 5.69 Å². The molecule has 0 saturated carbocycles. The molecule has 1 aromatic heterocycles. The van der Waals surface area contributed by atoms with E-state index in [1.54, 1.807) is 6.92 Å². The van der Waals surface area contributed by atoms with Gasteiger partial charge in [0.15, 0.2) is 12.1 Å². The van der Waals surface area contributed by atoms with Crippen molar-refractivity contribution in [3.8, 4) is 0 Å². The fourth-order valence-corrected chi connectivity index (χ4v) is 0.559. The van der Waals surface area contributed by atoms with E-state index in [1.165, 1.54) is 6.39 Å². The van der Waals surface area contributed by atoms with E-state index in [1.807, 2.05) is 0 Å². The molecule has 0 aromatic carbocycles. The molecule has 1 aromatic rings. The lowest BCUT2D eigenvalue weighted by molar-refractivity contribution is 0.409. The maximum absolute atomic E-state index is 8.52. The minimum absolute atomic E-state index is 0.106. The Labute approximate surface area is 52.3 Å². The van der Waals surface area contributed by atoms with Gasteiger partial charge in [0.1, 0.15) is 0 Å². The normalized spacial score (nSPS) is 9.67. The number of oxazole rings is 1. The van der Waals surface area contributed by atoms with Crippen LogP contribution in [0.25, 0.3) is 0 Å². The second-order valence-corrected chi connectivity index (χ2v) is 1.68. The maximum atomic E-state index is 8.52. The van der Waals surface area contributed by atoms with Gasteiger partial charge in [0.05, 0.1) is 5.69 Å². The molecule has 0 radical (unpaired) electrons. The van der Waals surface area contributed by atoms with Crippen LogP contribution in [0.3, 0.4) is 0 Å². The summed E-state index contributed by atoms with van der Waals surface area (Å²) in [5, 5.41) is 17.0. The van der Waals surface area contributed by atoms with Crippen molar-refractivity contribution in [3.05, 3.63) is 12.1 Å². The molecule has 2 N–H and O–H groups in total. The highest BCUT2D eigenvalue weighted by atomic mass is 16.4. The zero-order valence-electron chi connectivity index (χ0n) is 4.90. The summed E-state index contributed by atoms with van der Waals surface area (Å²) in [7, 11) is -1.55. The predicted molar refractivity (Wildman–Crippen MR) is 31.1 cm³/mol. The second kappa shape index (κ2) is 2.20. The Morgan fingerprint density at radius 1 is 1.67 bits per heavy atom. The fourth-order valence-electron chi connectivity index (χ4n) is 0.559. The zero-order valence-corrected chi connectivity index (χ0v) is 4.90. The predicted octanol–water partition coefficient (Wildman–Crippen LogP) is -1.34. The molecule has 1 rings (SSSR count). The SMILES string of the molecule is Cc1ncoc1B(O)O. The number of rotatable bonds is 1. The van der Waals surface area contributed by atoms with Crippen LogP contribution in [0.1, 0.15) is 5.69 Å². The summed E-state index contributed by atoms with van der Waals surface area (Å²) in [6.07, 6.45) is 1.17. The number of nitrogens with zero attached hydrogens (tertiary/aromatic N) is 1. The van der Waals surface area contributed by atoms with Crippen LogP contribution in [0.15, 0.2) is 10.8 Å². The van der Waals surface area contributed by atoms with Crippen LogP contribution in [0, 0.1) is 6.92 Å². The molecule has 5 heteroatoms. The van der Waals surface area contributed by atoms with Crippen molar-refractivity contribution in [1.29, 1.82) is 0 Å². The van der Waals surface area contributed by atoms with Gasteiger partial charge in [0.2, 0.25) is 0 Å². The lowest BCUT2D eigenvalue weighted by atomic mass is 9.86. The monoisotopic (exact) mass is 127 g/mol. The third-order valence-corrected chi connectivity index (χ3v) is 1.02. The lowest BCUT2D eigenvalue weighted by Gasteiger charge is -1.90. The van der Waals surface area contributed by atoms with Crippen LogP contribution in [-0.2, 0) is 0 Å². The first kappa shape index (κ1) is 6.32. The summed E-state index contributed by atoms with van der Waals surface area (Å²) < 4.78 is 4.61. The summed E-state index contributed by atoms with van der Waals surface area (Å²) >= 11 is 0. The Balaban J connectivity index is 2.94. The topological polar surface area (TPSA) is 66.5 Å². The van der Waals surface area contributed by atoms with Gasteiger partial charge in [-0.1, -0.05) is 0 Å². The van der Waals surface area contributed by atoms with Crippen LogP contribution in [0.4, 0.5) is 0 Å². The van der Waals surface area contributed by atoms with E-state index >= 15 is 0 Å². The summed E-state index contributed by atoms with van der Waals surface area (Å²) in [4.78, 5) is 3.65. The molecular weight excluding hydrogens is 121 g/mol. The van der Waals surface area contributed by atoms with Crippen molar-refractivity contribution in [2.75, 3.05) is 0 Å². The average molecular weight is 127 g/mol. The quantitative estimate of drug-likeness (QED) is 0.458. The minimum atomic E-state index is -1.55. The lowest BCUT2D eigenvalue weighted by Crippen LogP contribution is -2.30. The molecule has 0 fully saturated rings. The molecular formula is C4H6BNO3. The number of aromatic nitrogens is 1. The van der Waals surface area contributed by atoms with Gasteiger partial charge in [-0.3, -0.25) is 0 Å². The Morgan fingerprint density at radius 3 is 2.56 bits per heavy atom. The molecule has 0 atom stereocenters. The van der Waals surface area contributed by atoms with Crippen LogP contribution in [-0.4, -0.2) is 22.2 Å². The molecule has 4 nitrogen and oxygen atoms in total. The van der Waals surface area contributed by atoms with Crippen LogP contribution < -0.4 is 5.66 Å². The number of aryl methyl sites for hydroxylation is 1. The van der Waals surface area contributed by atoms with Gasteiger partial charge in [-0.15, -0.1) is 0 Å². The van der Waals surface area contributed by atoms with Crippen molar-refractivity contribution in [2.24, 2.45) is 0 Å². The molecule has 0 saturated heterocycles. The third kappa shape index (κ3) is 1.12. The molecule has 9 heavy (non-hydrogen) atoms. The highest BCUT2D eigenvalue weighted by molar-refractivity contribution is 6.57. The van der Waals surface area contributed by atoms with E-state index in [2.05, 4.69) is 9.40 Å². The van der Waals surface area contributed by atoms with Crippen LogP contribution in [0.5, 0.6) is 0 Å². The third-order valence-electron chi connectivity index (χ3n) is 1.02. The van der Waals surface area contributed by atoms with Crippen molar-refractivity contribution in [1.82, 2.24) is 4.98 Å². The van der Waals surface area contributed by atoms with Gasteiger partial charge in [0, 0.05) is 0 Å². The standard InChI is InChI=1S/C4H6BNO3/c1-3-4(5(7)8)9-2-6-3/h2,7-8H,1H3. The first-order valence-electron chi connectivity index (χ1n) is 2.48. The van der Waals surface area contributed by atoms with Crippen molar-refractivity contribution in [2.45, 2.75) is 6.92 Å². The fraction of sp³-hybridized carbons (Fsp3) is 0.250. The molecule has 0 spiro atoms. The molecule has 1 heterocycles. The maximum Gasteiger partial charge on any atom is 0.528 e. The Bertz CT molecular complexity index is 197. The summed E-state index contributed by atoms with van der Waals surface area (Å²) in [6.45, 7) is 1.64. The van der Waals surface area contributed by atoms with E-state index in [-0.39, 0.29) is 5.66 Å². The van der Waals surface area contributed by atoms with Gasteiger partial charge in [-0.25, -0.2) is 4.98 Å². The Hall–Kier alpha value is -0.805. The van der Waals surface area contributed by atoms with Gasteiger partial charge < -0.3 is 14.5 Å². The number of hydrogen-bond acceptors (Lipinski definition) is 4. The van der Waals surface area contributed by atoms with Crippen molar-refractivity contribution in [3.63, 3.8) is 0 Å². The Kier molecular flexibility index (Phi) is 1.55. The van der Waals surface area contributed by atoms with E-state index < -0.39 is 7.12 Å². The molecule has 48 valence electrons. The molecule has 0 amide bonds. The van der Waals surface area contributed by atoms with Crippen molar-refractivity contribution < 1.29 is 14.5 Å². The Morgan fingerprint density at radius 2 is 2.33 bits per heavy atom. The second-order valence-electron chi connectivity index (χ2n) is 1.68. The molecule has 0 bridgehead atoms. The van der Waals surface area contributed by atoms with Gasteiger partial charge in [0.25, 0.3) is 0 Å². The summed E-state index contributed by atoms with van der Waals surface area (Å²) in [5.41, 5.74) is 0.611. The van der Waals surface area contributed by atoms with Crippen LogP contribution in [0.2, 0.25) is 0 Å². The number of hydrogen-bond donors (Lipinski definition) is 2. The minimum Gasteiger partial charge on any atom is -0.452 e. The van der Waals surface area contributed by atoms with E-state index in [0.717, 1.165) is 0 Å². The molecule has 0 aliphatic rings. The van der Waals surface area contributed by atoms with Gasteiger partial charge in [-0.05, 0) is 6.92 Å². The zero-order chi connectivity index (χ0) is 6.85. The molecule has 0 aliphatic heterocycles. The van der Waals surface area contributed by atoms with Gasteiger partial charge in [-0.2, -0.15) is 0 Å². The van der Waals surface area contributed by atoms with Gasteiger partial charge >= 0.3 is 7.12 Å². The van der Waals surface area contributed by atoms with Crippen LogP contribution >= 0.6 is 0 Å². The molecule has 0 unspecified atom stereocenters. The summed E-state index contributed by atoms with van der Waals surface area (Å²) in [5.74, 6) is 0. The first-order chi connectivity index (χ1) is 4.22. The van der Waals surface area contributed by atoms with Crippen molar-refractivity contribution >= 4 is 12.8 Å². The molecule has 0 aliphatic carbocycles.